The zero-order chi connectivity index (χ0) is 19.1. The molecule has 1 aliphatic heterocycles. The molecule has 29 heavy (non-hydrogen) atoms. The lowest BCUT2D eigenvalue weighted by Crippen LogP contribution is -2.37. The number of aromatic nitrogens is 2. The molecule has 0 spiro atoms. The first-order valence-corrected chi connectivity index (χ1v) is 9.03. The molecule has 2 aromatic carbocycles. The van der Waals surface area contributed by atoms with E-state index in [2.05, 4.69) is 9.97 Å². The molecule has 7 heteroatoms. The number of ether oxygens (including phenoxy) is 1. The van der Waals surface area contributed by atoms with Gasteiger partial charge in [-0.25, -0.2) is 4.98 Å². The van der Waals surface area contributed by atoms with E-state index in [0.29, 0.717) is 29.1 Å². The predicted octanol–water partition coefficient (Wildman–Crippen LogP) is 4.26. The van der Waals surface area contributed by atoms with Crippen molar-refractivity contribution < 1.29 is 13.9 Å². The number of hydrogen-bond acceptors (Lipinski definition) is 6. The van der Waals surface area contributed by atoms with Gasteiger partial charge in [-0.15, -0.1) is 0 Å². The molecule has 1 aliphatic rings. The van der Waals surface area contributed by atoms with Crippen LogP contribution in [0.1, 0.15) is 15.9 Å². The molecule has 7 nitrogen and oxygen atoms in total. The molecule has 3 heterocycles. The third kappa shape index (κ3) is 3.21. The van der Waals surface area contributed by atoms with Crippen LogP contribution in [0.25, 0.3) is 22.6 Å². The first-order valence-electron chi connectivity index (χ1n) is 9.03. The third-order valence-electron chi connectivity index (χ3n) is 4.98. The van der Waals surface area contributed by atoms with E-state index >= 15 is 0 Å². The second-order valence-electron chi connectivity index (χ2n) is 6.64. The maximum absolute atomic E-state index is 13.0. The van der Waals surface area contributed by atoms with Crippen molar-refractivity contribution in [2.75, 3.05) is 18.6 Å². The second-order valence-corrected chi connectivity index (χ2v) is 6.64. The number of carbonyl (C=O) groups is 1. The van der Waals surface area contributed by atoms with E-state index in [0.717, 1.165) is 29.0 Å². The van der Waals surface area contributed by atoms with Crippen LogP contribution in [0.4, 0.5) is 5.69 Å². The first kappa shape index (κ1) is 18.6. The number of hydrogen-bond donors (Lipinski definition) is 1. The lowest BCUT2D eigenvalue weighted by molar-refractivity contribution is 0.0980. The summed E-state index contributed by atoms with van der Waals surface area (Å²) in [7, 11) is 1.63. The SMILES string of the molecule is COc1ccc2c(c1)CCN(c1ccc3oc(-c4cccnc4)nc3c1)C2=O.N. The zero-order valence-corrected chi connectivity index (χ0v) is 16.0. The summed E-state index contributed by atoms with van der Waals surface area (Å²) in [5.74, 6) is 1.27. The number of methoxy groups -OCH3 is 1. The Kier molecular flexibility index (Phi) is 4.74. The van der Waals surface area contributed by atoms with Gasteiger partial charge in [-0.2, -0.15) is 0 Å². The molecule has 0 saturated heterocycles. The Morgan fingerprint density at radius 3 is 2.83 bits per heavy atom. The summed E-state index contributed by atoms with van der Waals surface area (Å²) in [5.41, 5.74) is 4.74. The topological polar surface area (TPSA) is 103 Å². The maximum atomic E-state index is 13.0. The molecule has 0 radical (unpaired) electrons. The van der Waals surface area contributed by atoms with E-state index in [1.54, 1.807) is 24.4 Å². The molecule has 1 amide bonds. The van der Waals surface area contributed by atoms with Gasteiger partial charge in [0.15, 0.2) is 5.58 Å². The van der Waals surface area contributed by atoms with Crippen molar-refractivity contribution in [1.29, 1.82) is 0 Å². The van der Waals surface area contributed by atoms with Crippen LogP contribution < -0.4 is 15.8 Å². The van der Waals surface area contributed by atoms with Crippen molar-refractivity contribution in [3.8, 4) is 17.2 Å². The van der Waals surface area contributed by atoms with Crippen molar-refractivity contribution in [2.45, 2.75) is 6.42 Å². The van der Waals surface area contributed by atoms with Crippen LogP contribution in [0.15, 0.2) is 65.3 Å². The smallest absolute Gasteiger partial charge is 0.258 e. The fourth-order valence-electron chi connectivity index (χ4n) is 3.53. The summed E-state index contributed by atoms with van der Waals surface area (Å²) in [6.45, 7) is 0.609. The number of fused-ring (bicyclic) bond motifs is 2. The summed E-state index contributed by atoms with van der Waals surface area (Å²) in [4.78, 5) is 23.5. The van der Waals surface area contributed by atoms with Gasteiger partial charge in [-0.05, 0) is 60.5 Å². The minimum atomic E-state index is -0.0146. The number of pyridine rings is 1. The number of carbonyl (C=O) groups excluding carboxylic acids is 1. The van der Waals surface area contributed by atoms with Gasteiger partial charge in [-0.1, -0.05) is 0 Å². The van der Waals surface area contributed by atoms with E-state index in [9.17, 15) is 4.79 Å². The van der Waals surface area contributed by atoms with Gasteiger partial charge >= 0.3 is 0 Å². The number of anilines is 1. The Labute approximate surface area is 167 Å². The molecule has 5 rings (SSSR count). The second kappa shape index (κ2) is 7.37. The fourth-order valence-corrected chi connectivity index (χ4v) is 3.53. The summed E-state index contributed by atoms with van der Waals surface area (Å²) < 4.78 is 11.1. The largest absolute Gasteiger partial charge is 0.497 e. The highest BCUT2D eigenvalue weighted by Crippen LogP contribution is 2.31. The molecule has 2 aromatic heterocycles. The van der Waals surface area contributed by atoms with Crippen molar-refractivity contribution in [3.63, 3.8) is 0 Å². The minimum absolute atomic E-state index is 0. The molecule has 3 N–H and O–H groups in total. The Morgan fingerprint density at radius 2 is 2.03 bits per heavy atom. The molecular weight excluding hydrogens is 368 g/mol. The molecule has 0 fully saturated rings. The van der Waals surface area contributed by atoms with E-state index in [-0.39, 0.29) is 12.1 Å². The average molecular weight is 388 g/mol. The lowest BCUT2D eigenvalue weighted by atomic mass is 9.98. The van der Waals surface area contributed by atoms with Crippen LogP contribution in [-0.2, 0) is 6.42 Å². The maximum Gasteiger partial charge on any atom is 0.258 e. The van der Waals surface area contributed by atoms with Crippen molar-refractivity contribution in [3.05, 3.63) is 72.1 Å². The number of benzene rings is 2. The molecule has 0 atom stereocenters. The summed E-state index contributed by atoms with van der Waals surface area (Å²) in [5, 5.41) is 0. The van der Waals surface area contributed by atoms with Crippen molar-refractivity contribution in [2.24, 2.45) is 0 Å². The average Bonchev–Trinajstić information content (AvgIpc) is 3.18. The van der Waals surface area contributed by atoms with Crippen molar-refractivity contribution in [1.82, 2.24) is 16.1 Å². The highest BCUT2D eigenvalue weighted by molar-refractivity contribution is 6.08. The van der Waals surface area contributed by atoms with E-state index in [1.165, 1.54) is 0 Å². The minimum Gasteiger partial charge on any atom is -0.497 e. The van der Waals surface area contributed by atoms with Gasteiger partial charge < -0.3 is 20.2 Å². The molecule has 146 valence electrons. The quantitative estimate of drug-likeness (QED) is 0.562. The van der Waals surface area contributed by atoms with Crippen LogP contribution >= 0.6 is 0 Å². The molecule has 0 saturated carbocycles. The molecule has 4 aromatic rings. The van der Waals surface area contributed by atoms with E-state index in [4.69, 9.17) is 9.15 Å². The standard InChI is InChI=1S/C22H17N3O3.H3N/c1-27-17-5-6-18-14(11-17)8-10-25(22(18)26)16-4-7-20-19(12-16)24-21(28-20)15-3-2-9-23-13-15;/h2-7,9,11-13H,8,10H2,1H3;1H3. The molecule has 0 aliphatic carbocycles. The number of nitrogens with zero attached hydrogens (tertiary/aromatic N) is 3. The van der Waals surface area contributed by atoms with Crippen LogP contribution in [0.5, 0.6) is 5.75 Å². The van der Waals surface area contributed by atoms with Crippen LogP contribution in [0.3, 0.4) is 0 Å². The predicted molar refractivity (Wildman–Crippen MR) is 111 cm³/mol. The van der Waals surface area contributed by atoms with Gasteiger partial charge in [0, 0.05) is 30.2 Å². The van der Waals surface area contributed by atoms with E-state index < -0.39 is 0 Å². The monoisotopic (exact) mass is 388 g/mol. The van der Waals surface area contributed by atoms with Gasteiger partial charge in [0.25, 0.3) is 5.91 Å². The Morgan fingerprint density at radius 1 is 1.14 bits per heavy atom. The van der Waals surface area contributed by atoms with Crippen LogP contribution in [-0.4, -0.2) is 29.5 Å². The fraction of sp³-hybridized carbons (Fsp3) is 0.136. The van der Waals surface area contributed by atoms with Crippen LogP contribution in [0.2, 0.25) is 0 Å². The van der Waals surface area contributed by atoms with Crippen molar-refractivity contribution >= 4 is 22.7 Å². The molecule has 0 bridgehead atoms. The van der Waals surface area contributed by atoms with Gasteiger partial charge in [0.05, 0.1) is 12.7 Å². The number of oxazole rings is 1. The molecule has 0 unspecified atom stereocenters. The van der Waals surface area contributed by atoms with Gasteiger partial charge in [0.2, 0.25) is 5.89 Å². The lowest BCUT2D eigenvalue weighted by Gasteiger charge is -2.28. The van der Waals surface area contributed by atoms with E-state index in [1.807, 2.05) is 48.5 Å². The summed E-state index contributed by atoms with van der Waals surface area (Å²) in [6, 6.07) is 15.0. The normalized spacial score (nSPS) is 13.1. The Hall–Kier alpha value is -3.71. The van der Waals surface area contributed by atoms with Crippen LogP contribution in [0, 0.1) is 0 Å². The third-order valence-corrected chi connectivity index (χ3v) is 4.98. The number of rotatable bonds is 3. The zero-order valence-electron chi connectivity index (χ0n) is 16.0. The Bertz CT molecular complexity index is 1190. The summed E-state index contributed by atoms with van der Waals surface area (Å²) >= 11 is 0. The molecular formula is C22H20N4O3. The summed E-state index contributed by atoms with van der Waals surface area (Å²) in [6.07, 6.45) is 4.20. The Balaban J connectivity index is 0.00000205. The highest BCUT2D eigenvalue weighted by Gasteiger charge is 2.26. The highest BCUT2D eigenvalue weighted by atomic mass is 16.5. The first-order chi connectivity index (χ1) is 13.7. The van der Waals surface area contributed by atoms with Gasteiger partial charge in [0.1, 0.15) is 11.3 Å². The van der Waals surface area contributed by atoms with Gasteiger partial charge in [-0.3, -0.25) is 9.78 Å². The number of amides is 1.